The van der Waals surface area contributed by atoms with Crippen molar-refractivity contribution in [3.8, 4) is 0 Å². The van der Waals surface area contributed by atoms with Crippen LogP contribution in [-0.4, -0.2) is 87.2 Å². The maximum absolute atomic E-state index is 12.4. The van der Waals surface area contributed by atoms with E-state index in [1.54, 1.807) is 7.11 Å². The van der Waals surface area contributed by atoms with E-state index in [2.05, 4.69) is 35.0 Å². The van der Waals surface area contributed by atoms with Gasteiger partial charge in [-0.3, -0.25) is 28.8 Å². The van der Waals surface area contributed by atoms with E-state index in [0.717, 1.165) is 63.4 Å². The van der Waals surface area contributed by atoms with E-state index in [1.807, 2.05) is 20.8 Å². The molecule has 13 nitrogen and oxygen atoms in total. The summed E-state index contributed by atoms with van der Waals surface area (Å²) >= 11 is 0. The highest BCUT2D eigenvalue weighted by atomic mass is 16.5. The van der Waals surface area contributed by atoms with Gasteiger partial charge >= 0.3 is 29.8 Å². The Labute approximate surface area is 374 Å². The molecule has 6 fully saturated rings. The molecule has 8 atom stereocenters. The molecule has 2 N–H and O–H groups in total. The maximum Gasteiger partial charge on any atom is 0.310 e. The van der Waals surface area contributed by atoms with Crippen molar-refractivity contribution in [2.45, 2.75) is 165 Å². The summed E-state index contributed by atoms with van der Waals surface area (Å²) in [6.45, 7) is 18.6. The molecule has 0 spiro atoms. The van der Waals surface area contributed by atoms with Crippen molar-refractivity contribution >= 4 is 35.8 Å². The zero-order valence-electron chi connectivity index (χ0n) is 40.7. The molecular formula is C49H88O13. The number of carbonyl (C=O) groups is 6. The molecule has 6 aliphatic rings. The standard InChI is InChI=1S/C18H28O4.C18H30O2.2C3H6O2.C3H8O.C2H4O2.C2H6/c1-2-11-3-5-12(6-4-11)10-22-18(21)16-14-8-7-13(9-14)15(16)17(19)20;1-3-13-4-6-14(7-5-13)11-20-18(19)17-12(2)15-8-9-16(17)10-15;2*1-3(4)5-2;1-3-4-2;1-2(3)4;1-2/h11-16H,2-10H2,1H3,(H,19,20);12-17H,3-11H2,1-2H3;2*1-2H3;3H2,1-2H3;1H3,(H,3,4);1-2H3. The molecule has 6 aliphatic carbocycles. The van der Waals surface area contributed by atoms with E-state index >= 15 is 0 Å². The molecule has 362 valence electrons. The average molecular weight is 885 g/mol. The van der Waals surface area contributed by atoms with E-state index in [-0.39, 0.29) is 47.5 Å². The van der Waals surface area contributed by atoms with Gasteiger partial charge in [-0.1, -0.05) is 73.1 Å². The quantitative estimate of drug-likeness (QED) is 0.156. The second kappa shape index (κ2) is 33.3. The summed E-state index contributed by atoms with van der Waals surface area (Å²) in [5, 5.41) is 16.8. The van der Waals surface area contributed by atoms with Gasteiger partial charge in [-0.05, 0) is 124 Å². The van der Waals surface area contributed by atoms with Gasteiger partial charge in [0.1, 0.15) is 0 Å². The van der Waals surface area contributed by atoms with Crippen LogP contribution in [0.1, 0.15) is 165 Å². The lowest BCUT2D eigenvalue weighted by Crippen LogP contribution is -2.36. The van der Waals surface area contributed by atoms with Crippen molar-refractivity contribution in [2.75, 3.05) is 41.2 Å². The molecule has 4 bridgehead atoms. The Morgan fingerprint density at radius 1 is 0.500 bits per heavy atom. The second-order valence-corrected chi connectivity index (χ2v) is 17.8. The fraction of sp³-hybridized carbons (Fsp3) is 0.878. The summed E-state index contributed by atoms with van der Waals surface area (Å²) in [7, 11) is 4.38. The molecule has 8 unspecified atom stereocenters. The van der Waals surface area contributed by atoms with Crippen molar-refractivity contribution in [3.63, 3.8) is 0 Å². The summed E-state index contributed by atoms with van der Waals surface area (Å²) < 4.78 is 24.0. The first-order chi connectivity index (χ1) is 29.5. The van der Waals surface area contributed by atoms with Crippen LogP contribution in [0, 0.1) is 71.0 Å². The van der Waals surface area contributed by atoms with Crippen LogP contribution in [0.15, 0.2) is 0 Å². The third-order valence-electron chi connectivity index (χ3n) is 14.0. The highest BCUT2D eigenvalue weighted by Gasteiger charge is 2.55. The smallest absolute Gasteiger partial charge is 0.310 e. The molecule has 0 saturated heterocycles. The number of aliphatic carboxylic acids is 2. The van der Waals surface area contributed by atoms with Crippen LogP contribution in [0.2, 0.25) is 0 Å². The third-order valence-corrected chi connectivity index (χ3v) is 14.0. The number of hydrogen-bond acceptors (Lipinski definition) is 11. The number of carboxylic acid groups (broad SMARTS) is 2. The van der Waals surface area contributed by atoms with Crippen molar-refractivity contribution in [2.24, 2.45) is 71.0 Å². The minimum Gasteiger partial charge on any atom is -0.481 e. The first-order valence-corrected chi connectivity index (χ1v) is 23.8. The van der Waals surface area contributed by atoms with Gasteiger partial charge in [0.15, 0.2) is 0 Å². The normalized spacial score (nSPS) is 30.6. The van der Waals surface area contributed by atoms with Crippen LogP contribution in [0.3, 0.4) is 0 Å². The van der Waals surface area contributed by atoms with Gasteiger partial charge in [0.2, 0.25) is 0 Å². The van der Waals surface area contributed by atoms with Gasteiger partial charge in [-0.15, -0.1) is 0 Å². The largest absolute Gasteiger partial charge is 0.481 e. The first kappa shape index (κ1) is 58.8. The number of ether oxygens (including phenoxy) is 5. The number of fused-ring (bicyclic) bond motifs is 4. The molecule has 0 aliphatic heterocycles. The maximum atomic E-state index is 12.4. The van der Waals surface area contributed by atoms with Gasteiger partial charge < -0.3 is 33.9 Å². The molecule has 0 aromatic carbocycles. The Morgan fingerprint density at radius 3 is 1.08 bits per heavy atom. The first-order valence-electron chi connectivity index (χ1n) is 23.8. The lowest BCUT2D eigenvalue weighted by Gasteiger charge is -2.29. The number of methoxy groups -OCH3 is 3. The molecule has 0 radical (unpaired) electrons. The molecule has 62 heavy (non-hydrogen) atoms. The van der Waals surface area contributed by atoms with Crippen LogP contribution in [0.25, 0.3) is 0 Å². The van der Waals surface area contributed by atoms with E-state index in [0.29, 0.717) is 36.9 Å². The van der Waals surface area contributed by atoms with Gasteiger partial charge in [-0.25, -0.2) is 0 Å². The van der Waals surface area contributed by atoms with Crippen molar-refractivity contribution in [1.82, 2.24) is 0 Å². The molecular weight excluding hydrogens is 797 g/mol. The van der Waals surface area contributed by atoms with E-state index < -0.39 is 17.9 Å². The molecule has 13 heteroatoms. The molecule has 0 heterocycles. The predicted molar refractivity (Wildman–Crippen MR) is 240 cm³/mol. The number of carbonyl (C=O) groups excluding carboxylic acids is 4. The Bertz CT molecular complexity index is 1250. The lowest BCUT2D eigenvalue weighted by molar-refractivity contribution is -0.161. The predicted octanol–water partition coefficient (Wildman–Crippen LogP) is 10.0. The summed E-state index contributed by atoms with van der Waals surface area (Å²) in [5.74, 6) is 2.42. The Morgan fingerprint density at radius 2 is 0.790 bits per heavy atom. The fourth-order valence-corrected chi connectivity index (χ4v) is 10.2. The molecule has 0 aromatic heterocycles. The molecule has 0 aromatic rings. The second-order valence-electron chi connectivity index (χ2n) is 17.8. The van der Waals surface area contributed by atoms with Gasteiger partial charge in [0, 0.05) is 34.5 Å². The van der Waals surface area contributed by atoms with Crippen LogP contribution in [0.5, 0.6) is 0 Å². The van der Waals surface area contributed by atoms with Crippen molar-refractivity contribution < 1.29 is 62.7 Å². The number of rotatable bonds is 10. The SMILES string of the molecule is CC.CC(=O)O.CCC1CCC(COC(=O)C2C3CCC(C3)C2C(=O)O)CC1.CCC1CCC(COC(=O)C2C3CCC(C3)C2C)CC1.CCOC.COC(C)=O.COC(C)=O. The number of esters is 4. The fourth-order valence-electron chi connectivity index (χ4n) is 10.2. The minimum absolute atomic E-state index is 0.127. The highest BCUT2D eigenvalue weighted by Crippen LogP contribution is 2.53. The van der Waals surface area contributed by atoms with Gasteiger partial charge in [-0.2, -0.15) is 0 Å². The van der Waals surface area contributed by atoms with Crippen LogP contribution in [0.4, 0.5) is 0 Å². The summed E-state index contributed by atoms with van der Waals surface area (Å²) in [6.07, 6.45) is 19.3. The van der Waals surface area contributed by atoms with Crippen LogP contribution in [-0.2, 0) is 52.5 Å². The highest BCUT2D eigenvalue weighted by molar-refractivity contribution is 5.82. The van der Waals surface area contributed by atoms with E-state index in [9.17, 15) is 29.1 Å². The monoisotopic (exact) mass is 885 g/mol. The van der Waals surface area contributed by atoms with Gasteiger partial charge in [0.25, 0.3) is 5.97 Å². The Kier molecular flexibility index (Phi) is 31.6. The van der Waals surface area contributed by atoms with E-state index in [1.165, 1.54) is 98.7 Å². The van der Waals surface area contributed by atoms with E-state index in [4.69, 9.17) is 19.4 Å². The number of carboxylic acids is 2. The van der Waals surface area contributed by atoms with Crippen molar-refractivity contribution in [1.29, 1.82) is 0 Å². The summed E-state index contributed by atoms with van der Waals surface area (Å²) in [4.78, 5) is 64.5. The topological polar surface area (TPSA) is 189 Å². The zero-order valence-corrected chi connectivity index (χ0v) is 40.7. The third kappa shape index (κ3) is 21.9. The Balaban J connectivity index is 0.000000844. The Hall–Kier alpha value is -3.22. The molecule has 0 amide bonds. The van der Waals surface area contributed by atoms with Crippen LogP contribution < -0.4 is 0 Å². The van der Waals surface area contributed by atoms with Crippen LogP contribution >= 0.6 is 0 Å². The zero-order chi connectivity index (χ0) is 47.4. The van der Waals surface area contributed by atoms with Crippen molar-refractivity contribution in [3.05, 3.63) is 0 Å². The average Bonchev–Trinajstić information content (AvgIpc) is 4.09. The summed E-state index contributed by atoms with van der Waals surface area (Å²) in [5.41, 5.74) is 0. The molecule has 6 rings (SSSR count). The summed E-state index contributed by atoms with van der Waals surface area (Å²) in [6, 6.07) is 0. The number of hydrogen-bond donors (Lipinski definition) is 2. The van der Waals surface area contributed by atoms with Gasteiger partial charge in [0.05, 0.1) is 45.2 Å². The minimum atomic E-state index is -0.833. The lowest BCUT2D eigenvalue weighted by atomic mass is 9.79. The molecule has 6 saturated carbocycles.